The molecular formula is C23H30N10O3S. The van der Waals surface area contributed by atoms with Gasteiger partial charge in [-0.15, -0.1) is 0 Å². The maximum atomic E-state index is 12.7. The lowest BCUT2D eigenvalue weighted by atomic mass is 10.1. The molecule has 0 bridgehead atoms. The number of fused-ring (bicyclic) bond motifs is 2. The minimum Gasteiger partial charge on any atom is -0.356 e. The number of imidazole rings is 1. The fraction of sp³-hybridized carbons (Fsp3) is 0.522. The van der Waals surface area contributed by atoms with Crippen molar-refractivity contribution in [2.24, 2.45) is 14.1 Å². The SMILES string of the molecule is CCSc1nc(N2CCCCC2)c2cnn(CCNC(=O)Cn3cnc4c3c(=O)n(C)c(=O)n4C)c2n1. The van der Waals surface area contributed by atoms with Crippen LogP contribution in [0.25, 0.3) is 22.2 Å². The Kier molecular flexibility index (Phi) is 7.00. The van der Waals surface area contributed by atoms with Crippen LogP contribution in [-0.2, 0) is 32.0 Å². The monoisotopic (exact) mass is 526 g/mol. The van der Waals surface area contributed by atoms with E-state index in [2.05, 4.69) is 27.2 Å². The van der Waals surface area contributed by atoms with E-state index in [1.807, 2.05) is 0 Å². The van der Waals surface area contributed by atoms with Gasteiger partial charge < -0.3 is 14.8 Å². The number of hydrogen-bond acceptors (Lipinski definition) is 9. The van der Waals surface area contributed by atoms with Crippen molar-refractivity contribution in [3.05, 3.63) is 33.4 Å². The number of anilines is 1. The summed E-state index contributed by atoms with van der Waals surface area (Å²) in [5.41, 5.74) is 0.253. The standard InChI is InChI=1S/C23H30N10O3S/c1-4-37-22-27-18(31-9-6-5-7-10-31)15-12-26-33(19(15)28-22)11-8-24-16(34)13-32-14-25-20-17(32)21(35)30(3)23(36)29(20)2/h12,14H,4-11,13H2,1-3H3,(H,24,34). The number of hydrogen-bond donors (Lipinski definition) is 1. The molecule has 0 atom stereocenters. The summed E-state index contributed by atoms with van der Waals surface area (Å²) in [7, 11) is 2.95. The van der Waals surface area contributed by atoms with E-state index in [0.717, 1.165) is 58.3 Å². The Balaban J connectivity index is 1.31. The van der Waals surface area contributed by atoms with Gasteiger partial charge in [0.25, 0.3) is 5.56 Å². The zero-order valence-electron chi connectivity index (χ0n) is 21.2. The molecule has 0 radical (unpaired) electrons. The van der Waals surface area contributed by atoms with Crippen LogP contribution in [0.2, 0.25) is 0 Å². The third kappa shape index (κ3) is 4.72. The average molecular weight is 527 g/mol. The highest BCUT2D eigenvalue weighted by Gasteiger charge is 2.20. The largest absolute Gasteiger partial charge is 0.356 e. The molecule has 0 spiro atoms. The highest BCUT2D eigenvalue weighted by atomic mass is 32.2. The Labute approximate surface area is 216 Å². The number of aromatic nitrogens is 8. The molecule has 37 heavy (non-hydrogen) atoms. The molecule has 0 unspecified atom stereocenters. The number of nitrogens with zero attached hydrogens (tertiary/aromatic N) is 9. The average Bonchev–Trinajstić information content (AvgIpc) is 3.51. The molecule has 5 rings (SSSR count). The lowest BCUT2D eigenvalue weighted by Gasteiger charge is -2.28. The number of carbonyl (C=O) groups excluding carboxylic acids is 1. The molecule has 1 aliphatic heterocycles. The van der Waals surface area contributed by atoms with E-state index in [4.69, 9.17) is 9.97 Å². The molecule has 196 valence electrons. The van der Waals surface area contributed by atoms with Crippen LogP contribution in [-0.4, -0.2) is 69.7 Å². The van der Waals surface area contributed by atoms with Crippen molar-refractivity contribution in [3.63, 3.8) is 0 Å². The number of nitrogens with one attached hydrogen (secondary N) is 1. The summed E-state index contributed by atoms with van der Waals surface area (Å²) in [5.74, 6) is 1.52. The van der Waals surface area contributed by atoms with Gasteiger partial charge in [-0.3, -0.25) is 18.7 Å². The van der Waals surface area contributed by atoms with E-state index in [1.54, 1.807) is 29.7 Å². The van der Waals surface area contributed by atoms with Gasteiger partial charge in [-0.1, -0.05) is 18.7 Å². The molecule has 0 aliphatic carbocycles. The first kappa shape index (κ1) is 25.0. The summed E-state index contributed by atoms with van der Waals surface area (Å²) in [5, 5.41) is 9.06. The molecule has 4 aromatic rings. The molecule has 0 aromatic carbocycles. The maximum absolute atomic E-state index is 12.7. The second-order valence-electron chi connectivity index (χ2n) is 9.02. The fourth-order valence-electron chi connectivity index (χ4n) is 4.65. The molecule has 14 heteroatoms. The summed E-state index contributed by atoms with van der Waals surface area (Å²) < 4.78 is 5.55. The van der Waals surface area contributed by atoms with Crippen molar-refractivity contribution in [3.8, 4) is 0 Å². The molecule has 5 heterocycles. The van der Waals surface area contributed by atoms with Crippen LogP contribution >= 0.6 is 11.8 Å². The molecule has 1 aliphatic rings. The van der Waals surface area contributed by atoms with Crippen molar-refractivity contribution < 1.29 is 4.79 Å². The third-order valence-electron chi connectivity index (χ3n) is 6.56. The number of thioether (sulfide) groups is 1. The lowest BCUT2D eigenvalue weighted by Crippen LogP contribution is -2.38. The molecule has 1 saturated heterocycles. The summed E-state index contributed by atoms with van der Waals surface area (Å²) in [6.07, 6.45) is 6.74. The first-order chi connectivity index (χ1) is 17.9. The number of piperidine rings is 1. The van der Waals surface area contributed by atoms with Crippen molar-refractivity contribution in [1.82, 2.24) is 43.8 Å². The second-order valence-corrected chi connectivity index (χ2v) is 10.2. The number of carbonyl (C=O) groups is 1. The first-order valence-electron chi connectivity index (χ1n) is 12.4. The third-order valence-corrected chi connectivity index (χ3v) is 7.29. The van der Waals surface area contributed by atoms with Crippen molar-refractivity contribution in [1.29, 1.82) is 0 Å². The van der Waals surface area contributed by atoms with E-state index in [0.29, 0.717) is 13.1 Å². The van der Waals surface area contributed by atoms with Gasteiger partial charge >= 0.3 is 5.69 Å². The molecular weight excluding hydrogens is 496 g/mol. The van der Waals surface area contributed by atoms with Crippen LogP contribution in [0.3, 0.4) is 0 Å². The number of rotatable bonds is 8. The number of amides is 1. The molecule has 13 nitrogen and oxygen atoms in total. The summed E-state index contributed by atoms with van der Waals surface area (Å²) in [4.78, 5) is 53.5. The number of aryl methyl sites for hydroxylation is 1. The van der Waals surface area contributed by atoms with Crippen molar-refractivity contribution in [2.75, 3.05) is 30.3 Å². The Morgan fingerprint density at radius 3 is 2.62 bits per heavy atom. The minimum atomic E-state index is -0.489. The van der Waals surface area contributed by atoms with Crippen LogP contribution in [0.4, 0.5) is 5.82 Å². The van der Waals surface area contributed by atoms with E-state index >= 15 is 0 Å². The van der Waals surface area contributed by atoms with Crippen LogP contribution in [0.15, 0.2) is 27.3 Å². The Bertz CT molecular complexity index is 1580. The van der Waals surface area contributed by atoms with Gasteiger partial charge in [-0.2, -0.15) is 5.10 Å². The van der Waals surface area contributed by atoms with Gasteiger partial charge in [-0.25, -0.2) is 24.4 Å². The van der Waals surface area contributed by atoms with E-state index in [1.165, 1.54) is 28.9 Å². The zero-order chi connectivity index (χ0) is 26.1. The predicted octanol–water partition coefficient (Wildman–Crippen LogP) is 0.492. The predicted molar refractivity (Wildman–Crippen MR) is 141 cm³/mol. The summed E-state index contributed by atoms with van der Waals surface area (Å²) in [6, 6.07) is 0. The molecule has 1 fully saturated rings. The van der Waals surface area contributed by atoms with Gasteiger partial charge in [0.2, 0.25) is 5.91 Å². The second kappa shape index (κ2) is 10.4. The minimum absolute atomic E-state index is 0.0949. The highest BCUT2D eigenvalue weighted by molar-refractivity contribution is 7.99. The molecule has 1 N–H and O–H groups in total. The summed E-state index contributed by atoms with van der Waals surface area (Å²) in [6.45, 7) is 4.70. The smallest absolute Gasteiger partial charge is 0.332 e. The maximum Gasteiger partial charge on any atom is 0.332 e. The lowest BCUT2D eigenvalue weighted by molar-refractivity contribution is -0.121. The van der Waals surface area contributed by atoms with Gasteiger partial charge in [0, 0.05) is 33.7 Å². The summed E-state index contributed by atoms with van der Waals surface area (Å²) >= 11 is 1.60. The zero-order valence-corrected chi connectivity index (χ0v) is 22.0. The van der Waals surface area contributed by atoms with Gasteiger partial charge in [0.15, 0.2) is 22.0 Å². The normalized spacial score (nSPS) is 14.1. The van der Waals surface area contributed by atoms with E-state index in [-0.39, 0.29) is 23.6 Å². The van der Waals surface area contributed by atoms with Crippen LogP contribution in [0.1, 0.15) is 26.2 Å². The van der Waals surface area contributed by atoms with E-state index < -0.39 is 11.2 Å². The van der Waals surface area contributed by atoms with E-state index in [9.17, 15) is 14.4 Å². The molecule has 1 amide bonds. The van der Waals surface area contributed by atoms with Crippen LogP contribution in [0, 0.1) is 0 Å². The fourth-order valence-corrected chi connectivity index (χ4v) is 5.21. The van der Waals surface area contributed by atoms with Gasteiger partial charge in [0.05, 0.1) is 24.5 Å². The topological polar surface area (TPSA) is 138 Å². The molecule has 4 aromatic heterocycles. The Hall–Kier alpha value is -3.68. The first-order valence-corrected chi connectivity index (χ1v) is 13.4. The van der Waals surface area contributed by atoms with Gasteiger partial charge in [0.1, 0.15) is 12.4 Å². The highest BCUT2D eigenvalue weighted by Crippen LogP contribution is 2.29. The quantitative estimate of drug-likeness (QED) is 0.257. The van der Waals surface area contributed by atoms with Crippen LogP contribution < -0.4 is 21.5 Å². The Morgan fingerprint density at radius 1 is 1.08 bits per heavy atom. The molecule has 0 saturated carbocycles. The van der Waals surface area contributed by atoms with Crippen LogP contribution in [0.5, 0.6) is 0 Å². The van der Waals surface area contributed by atoms with Gasteiger partial charge in [-0.05, 0) is 25.0 Å². The Morgan fingerprint density at radius 2 is 1.86 bits per heavy atom. The van der Waals surface area contributed by atoms with Crippen molar-refractivity contribution >= 4 is 45.7 Å². The van der Waals surface area contributed by atoms with Crippen molar-refractivity contribution in [2.45, 2.75) is 44.4 Å².